The van der Waals surface area contributed by atoms with Crippen LogP contribution in [0.1, 0.15) is 24.4 Å². The molecule has 16 heavy (non-hydrogen) atoms. The minimum absolute atomic E-state index is 0.0393. The summed E-state index contributed by atoms with van der Waals surface area (Å²) in [6.45, 7) is 0. The molecular weight excluding hydrogens is 224 g/mol. The fourth-order valence-electron chi connectivity index (χ4n) is 2.22. The highest BCUT2D eigenvalue weighted by Gasteiger charge is 2.33. The molecule has 0 aromatic heterocycles. The van der Waals surface area contributed by atoms with Gasteiger partial charge in [0.25, 0.3) is 0 Å². The second kappa shape index (κ2) is 4.44. The summed E-state index contributed by atoms with van der Waals surface area (Å²) < 4.78 is 0. The van der Waals surface area contributed by atoms with Crippen molar-refractivity contribution in [2.24, 2.45) is 5.73 Å². The number of halogens is 1. The average molecular weight is 239 g/mol. The van der Waals surface area contributed by atoms with Crippen LogP contribution in [-0.4, -0.2) is 23.9 Å². The molecule has 1 aliphatic rings. The number of hydrogen-bond acceptors (Lipinski definition) is 2. The Morgan fingerprint density at radius 2 is 2.12 bits per heavy atom. The number of likely N-dealkylation sites (tertiary alicyclic amines) is 1. The summed E-state index contributed by atoms with van der Waals surface area (Å²) in [5, 5.41) is 0.671. The number of hydrogen-bond donors (Lipinski definition) is 1. The van der Waals surface area contributed by atoms with Crippen LogP contribution in [0.5, 0.6) is 0 Å². The van der Waals surface area contributed by atoms with Crippen molar-refractivity contribution in [1.29, 1.82) is 0 Å². The second-order valence-electron chi connectivity index (χ2n) is 4.17. The van der Waals surface area contributed by atoms with Gasteiger partial charge in [-0.15, -0.1) is 0 Å². The molecule has 0 aliphatic carbocycles. The van der Waals surface area contributed by atoms with E-state index in [4.69, 9.17) is 17.3 Å². The molecule has 1 amide bonds. The molecule has 1 aromatic carbocycles. The SMILES string of the molecule is CN1C(=O)CCC(N)C1c1ccccc1Cl. The van der Waals surface area contributed by atoms with E-state index in [0.717, 1.165) is 12.0 Å². The van der Waals surface area contributed by atoms with Crippen molar-refractivity contribution >= 4 is 17.5 Å². The Bertz CT molecular complexity index is 408. The maximum Gasteiger partial charge on any atom is 0.222 e. The monoisotopic (exact) mass is 238 g/mol. The number of nitrogens with two attached hydrogens (primary N) is 1. The van der Waals surface area contributed by atoms with Crippen LogP contribution in [0.15, 0.2) is 24.3 Å². The Morgan fingerprint density at radius 3 is 2.81 bits per heavy atom. The molecule has 2 rings (SSSR count). The molecule has 0 radical (unpaired) electrons. The number of rotatable bonds is 1. The highest BCUT2D eigenvalue weighted by atomic mass is 35.5. The Morgan fingerprint density at radius 1 is 1.44 bits per heavy atom. The summed E-state index contributed by atoms with van der Waals surface area (Å²) in [7, 11) is 1.79. The maximum atomic E-state index is 11.7. The Kier molecular flexibility index (Phi) is 3.17. The predicted molar refractivity (Wildman–Crippen MR) is 64.2 cm³/mol. The van der Waals surface area contributed by atoms with Crippen molar-refractivity contribution in [1.82, 2.24) is 4.90 Å². The summed E-state index contributed by atoms with van der Waals surface area (Å²) in [5.41, 5.74) is 7.02. The van der Waals surface area contributed by atoms with E-state index < -0.39 is 0 Å². The van der Waals surface area contributed by atoms with Crippen LogP contribution in [0.25, 0.3) is 0 Å². The third-order valence-electron chi connectivity index (χ3n) is 3.13. The Labute approximate surface area is 100 Å². The van der Waals surface area contributed by atoms with Crippen LogP contribution < -0.4 is 5.73 Å². The summed E-state index contributed by atoms with van der Waals surface area (Å²) in [5.74, 6) is 0.131. The Hall–Kier alpha value is -1.06. The van der Waals surface area contributed by atoms with Gasteiger partial charge in [0.1, 0.15) is 0 Å². The molecular formula is C12H15ClN2O. The second-order valence-corrected chi connectivity index (χ2v) is 4.58. The van der Waals surface area contributed by atoms with Crippen LogP contribution >= 0.6 is 11.6 Å². The summed E-state index contributed by atoms with van der Waals surface area (Å²) >= 11 is 6.14. The van der Waals surface area contributed by atoms with E-state index in [1.807, 2.05) is 24.3 Å². The number of likely N-dealkylation sites (N-methyl/N-ethyl adjacent to an activating group) is 1. The maximum absolute atomic E-state index is 11.7. The molecule has 0 saturated carbocycles. The molecule has 1 aromatic rings. The predicted octanol–water partition coefficient (Wildman–Crippen LogP) is 1.96. The van der Waals surface area contributed by atoms with Crippen LogP contribution in [0.3, 0.4) is 0 Å². The van der Waals surface area contributed by atoms with Crippen molar-refractivity contribution in [3.8, 4) is 0 Å². The molecule has 1 heterocycles. The zero-order chi connectivity index (χ0) is 11.7. The Balaban J connectivity index is 2.37. The summed E-state index contributed by atoms with van der Waals surface area (Å²) in [4.78, 5) is 13.4. The van der Waals surface area contributed by atoms with Crippen molar-refractivity contribution in [3.63, 3.8) is 0 Å². The van der Waals surface area contributed by atoms with Gasteiger partial charge in [-0.2, -0.15) is 0 Å². The quantitative estimate of drug-likeness (QED) is 0.813. The topological polar surface area (TPSA) is 46.3 Å². The number of amides is 1. The van der Waals surface area contributed by atoms with Gasteiger partial charge in [0.2, 0.25) is 5.91 Å². The minimum Gasteiger partial charge on any atom is -0.337 e. The van der Waals surface area contributed by atoms with Gasteiger partial charge in [0.15, 0.2) is 0 Å². The lowest BCUT2D eigenvalue weighted by Crippen LogP contribution is -2.46. The summed E-state index contributed by atoms with van der Waals surface area (Å²) in [6, 6.07) is 7.42. The highest BCUT2D eigenvalue weighted by molar-refractivity contribution is 6.31. The number of carbonyl (C=O) groups excluding carboxylic acids is 1. The van der Waals surface area contributed by atoms with Crippen molar-refractivity contribution in [2.45, 2.75) is 24.9 Å². The fourth-order valence-corrected chi connectivity index (χ4v) is 2.47. The standard InChI is InChI=1S/C12H15ClN2O/c1-15-11(16)7-6-10(14)12(15)8-4-2-3-5-9(8)13/h2-5,10,12H,6-7,14H2,1H3. The number of benzene rings is 1. The zero-order valence-corrected chi connectivity index (χ0v) is 9.95. The van der Waals surface area contributed by atoms with Crippen molar-refractivity contribution in [2.75, 3.05) is 7.05 Å². The average Bonchev–Trinajstić information content (AvgIpc) is 2.27. The molecule has 2 atom stereocenters. The van der Waals surface area contributed by atoms with Gasteiger partial charge in [-0.05, 0) is 18.1 Å². The van der Waals surface area contributed by atoms with E-state index in [9.17, 15) is 4.79 Å². The van der Waals surface area contributed by atoms with E-state index >= 15 is 0 Å². The fraction of sp³-hybridized carbons (Fsp3) is 0.417. The molecule has 2 N–H and O–H groups in total. The lowest BCUT2D eigenvalue weighted by atomic mass is 9.91. The van der Waals surface area contributed by atoms with Crippen LogP contribution in [0, 0.1) is 0 Å². The molecule has 1 aliphatic heterocycles. The van der Waals surface area contributed by atoms with Gasteiger partial charge < -0.3 is 10.6 Å². The molecule has 0 bridgehead atoms. The molecule has 86 valence electrons. The summed E-state index contributed by atoms with van der Waals surface area (Å²) in [6.07, 6.45) is 1.25. The van der Waals surface area contributed by atoms with Crippen LogP contribution in [0.4, 0.5) is 0 Å². The third-order valence-corrected chi connectivity index (χ3v) is 3.48. The normalized spacial score (nSPS) is 25.9. The van der Waals surface area contributed by atoms with Gasteiger partial charge in [-0.3, -0.25) is 4.79 Å². The minimum atomic E-state index is -0.102. The molecule has 4 heteroatoms. The van der Waals surface area contributed by atoms with E-state index in [1.165, 1.54) is 0 Å². The van der Waals surface area contributed by atoms with Gasteiger partial charge in [-0.1, -0.05) is 29.8 Å². The molecule has 1 saturated heterocycles. The first-order valence-electron chi connectivity index (χ1n) is 5.37. The van der Waals surface area contributed by atoms with Crippen LogP contribution in [0.2, 0.25) is 5.02 Å². The van der Waals surface area contributed by atoms with E-state index in [1.54, 1.807) is 11.9 Å². The first-order valence-corrected chi connectivity index (χ1v) is 5.74. The van der Waals surface area contributed by atoms with Crippen LogP contribution in [-0.2, 0) is 4.79 Å². The number of nitrogens with zero attached hydrogens (tertiary/aromatic N) is 1. The first-order chi connectivity index (χ1) is 7.61. The van der Waals surface area contributed by atoms with Crippen molar-refractivity contribution in [3.05, 3.63) is 34.9 Å². The van der Waals surface area contributed by atoms with Gasteiger partial charge in [-0.25, -0.2) is 0 Å². The van der Waals surface area contributed by atoms with Gasteiger partial charge >= 0.3 is 0 Å². The lowest BCUT2D eigenvalue weighted by Gasteiger charge is -2.37. The van der Waals surface area contributed by atoms with Gasteiger partial charge in [0, 0.05) is 24.5 Å². The molecule has 3 nitrogen and oxygen atoms in total. The number of carbonyl (C=O) groups is 1. The molecule has 0 spiro atoms. The zero-order valence-electron chi connectivity index (χ0n) is 9.19. The van der Waals surface area contributed by atoms with E-state index in [-0.39, 0.29) is 18.0 Å². The highest BCUT2D eigenvalue weighted by Crippen LogP contribution is 2.33. The van der Waals surface area contributed by atoms with Crippen molar-refractivity contribution < 1.29 is 4.79 Å². The lowest BCUT2D eigenvalue weighted by molar-refractivity contribution is -0.135. The molecule has 2 unspecified atom stereocenters. The first kappa shape index (κ1) is 11.4. The number of piperidine rings is 1. The van der Waals surface area contributed by atoms with E-state index in [0.29, 0.717) is 11.4 Å². The smallest absolute Gasteiger partial charge is 0.222 e. The van der Waals surface area contributed by atoms with E-state index in [2.05, 4.69) is 0 Å². The molecule has 1 fully saturated rings. The van der Waals surface area contributed by atoms with Gasteiger partial charge in [0.05, 0.1) is 6.04 Å². The largest absolute Gasteiger partial charge is 0.337 e. The third kappa shape index (κ3) is 1.93.